The van der Waals surface area contributed by atoms with Gasteiger partial charge in [0.2, 0.25) is 0 Å². The number of carbonyl (C=O) groups is 1. The normalized spacial score (nSPS) is 15.6. The van der Waals surface area contributed by atoms with Crippen LogP contribution in [0.5, 0.6) is 0 Å². The highest BCUT2D eigenvalue weighted by atomic mass is 16.6. The van der Waals surface area contributed by atoms with Gasteiger partial charge < -0.3 is 20.5 Å². The van der Waals surface area contributed by atoms with Crippen LogP contribution in [0.15, 0.2) is 0 Å². The van der Waals surface area contributed by atoms with Crippen LogP contribution < -0.4 is 11.1 Å². The maximum Gasteiger partial charge on any atom is 0.407 e. The van der Waals surface area contributed by atoms with Crippen molar-refractivity contribution in [1.29, 1.82) is 0 Å². The molecule has 0 bridgehead atoms. The van der Waals surface area contributed by atoms with Gasteiger partial charge in [-0.05, 0) is 27.7 Å². The molecule has 0 aromatic heterocycles. The Morgan fingerprint density at radius 2 is 1.87 bits per heavy atom. The summed E-state index contributed by atoms with van der Waals surface area (Å²) < 4.78 is 9.99. The van der Waals surface area contributed by atoms with Crippen LogP contribution in [0.2, 0.25) is 0 Å². The molecule has 0 radical (unpaired) electrons. The number of hydrogen-bond acceptors (Lipinski definition) is 4. The summed E-state index contributed by atoms with van der Waals surface area (Å²) in [5, 5.41) is 2.60. The van der Waals surface area contributed by atoms with E-state index in [9.17, 15) is 4.79 Å². The van der Waals surface area contributed by atoms with Gasteiger partial charge in [-0.25, -0.2) is 4.79 Å². The fourth-order valence-corrected chi connectivity index (χ4v) is 0.969. The minimum atomic E-state index is -0.578. The van der Waals surface area contributed by atoms with Gasteiger partial charge in [0.05, 0.1) is 12.1 Å². The van der Waals surface area contributed by atoms with Crippen LogP contribution in [0, 0.1) is 0 Å². The lowest BCUT2D eigenvalue weighted by Gasteiger charge is -2.25. The SMILES string of the molecule is COCC(C)(N)CNC(=O)OC(C)(C)C. The molecular formula is C10H22N2O3. The van der Waals surface area contributed by atoms with Crippen LogP contribution in [0.3, 0.4) is 0 Å². The number of ether oxygens (including phenoxy) is 2. The molecule has 1 atom stereocenters. The van der Waals surface area contributed by atoms with E-state index >= 15 is 0 Å². The zero-order chi connectivity index (χ0) is 12.1. The summed E-state index contributed by atoms with van der Waals surface area (Å²) in [5.74, 6) is 0. The van der Waals surface area contributed by atoms with E-state index in [0.29, 0.717) is 13.2 Å². The molecule has 15 heavy (non-hydrogen) atoms. The van der Waals surface area contributed by atoms with Crippen LogP contribution >= 0.6 is 0 Å². The van der Waals surface area contributed by atoms with Crippen LogP contribution in [0.25, 0.3) is 0 Å². The molecular weight excluding hydrogens is 196 g/mol. The first-order chi connectivity index (χ1) is 6.66. The Bertz CT molecular complexity index is 209. The van der Waals surface area contributed by atoms with E-state index < -0.39 is 17.2 Å². The van der Waals surface area contributed by atoms with E-state index in [4.69, 9.17) is 15.2 Å². The number of rotatable bonds is 4. The van der Waals surface area contributed by atoms with Gasteiger partial charge in [0, 0.05) is 13.7 Å². The second kappa shape index (κ2) is 5.32. The van der Waals surface area contributed by atoms with Crippen molar-refractivity contribution in [2.75, 3.05) is 20.3 Å². The number of hydrogen-bond donors (Lipinski definition) is 2. The van der Waals surface area contributed by atoms with Crippen molar-refractivity contribution in [1.82, 2.24) is 5.32 Å². The van der Waals surface area contributed by atoms with E-state index in [2.05, 4.69) is 5.32 Å². The monoisotopic (exact) mass is 218 g/mol. The summed E-state index contributed by atoms with van der Waals surface area (Å²) in [4.78, 5) is 11.3. The molecule has 5 nitrogen and oxygen atoms in total. The minimum absolute atomic E-state index is 0.315. The maximum absolute atomic E-state index is 11.3. The van der Waals surface area contributed by atoms with Gasteiger partial charge in [0.1, 0.15) is 5.60 Å². The molecule has 0 saturated carbocycles. The number of carbonyl (C=O) groups excluding carboxylic acids is 1. The molecule has 90 valence electrons. The molecule has 0 spiro atoms. The smallest absolute Gasteiger partial charge is 0.407 e. The zero-order valence-electron chi connectivity index (χ0n) is 10.2. The molecule has 0 saturated heterocycles. The standard InChI is InChI=1S/C10H22N2O3/c1-9(2,3)15-8(13)12-6-10(4,11)7-14-5/h6-7,11H2,1-5H3,(H,12,13). The van der Waals surface area contributed by atoms with E-state index in [1.807, 2.05) is 20.8 Å². The summed E-state index contributed by atoms with van der Waals surface area (Å²) in [5.41, 5.74) is 4.78. The Labute approximate surface area is 91.3 Å². The van der Waals surface area contributed by atoms with Gasteiger partial charge in [0.15, 0.2) is 0 Å². The molecule has 1 amide bonds. The topological polar surface area (TPSA) is 73.6 Å². The zero-order valence-corrected chi connectivity index (χ0v) is 10.2. The largest absolute Gasteiger partial charge is 0.444 e. The first kappa shape index (κ1) is 14.2. The highest BCUT2D eigenvalue weighted by Crippen LogP contribution is 2.06. The highest BCUT2D eigenvalue weighted by Gasteiger charge is 2.21. The molecule has 0 aromatic carbocycles. The molecule has 5 heteroatoms. The van der Waals surface area contributed by atoms with Crippen LogP contribution in [0.1, 0.15) is 27.7 Å². The van der Waals surface area contributed by atoms with E-state index in [-0.39, 0.29) is 0 Å². The number of alkyl carbamates (subject to hydrolysis) is 1. The first-order valence-electron chi connectivity index (χ1n) is 4.91. The van der Waals surface area contributed by atoms with Crippen molar-refractivity contribution in [2.45, 2.75) is 38.8 Å². The van der Waals surface area contributed by atoms with Gasteiger partial charge in [-0.1, -0.05) is 0 Å². The summed E-state index contributed by atoms with van der Waals surface area (Å²) in [6.45, 7) is 7.92. The summed E-state index contributed by atoms with van der Waals surface area (Å²) >= 11 is 0. The predicted molar refractivity (Wildman–Crippen MR) is 58.7 cm³/mol. The average Bonchev–Trinajstić information content (AvgIpc) is 1.98. The lowest BCUT2D eigenvalue weighted by atomic mass is 10.1. The third-order valence-corrected chi connectivity index (χ3v) is 1.51. The quantitative estimate of drug-likeness (QED) is 0.734. The molecule has 0 rings (SSSR count). The Hall–Kier alpha value is -0.810. The van der Waals surface area contributed by atoms with Crippen LogP contribution in [0.4, 0.5) is 4.79 Å². The van der Waals surface area contributed by atoms with Crippen LogP contribution in [-0.4, -0.2) is 37.5 Å². The summed E-state index contributed by atoms with van der Waals surface area (Å²) in [6.07, 6.45) is -0.463. The number of nitrogens with two attached hydrogens (primary N) is 1. The number of amides is 1. The van der Waals surface area contributed by atoms with Gasteiger partial charge in [-0.3, -0.25) is 0 Å². The lowest BCUT2D eigenvalue weighted by molar-refractivity contribution is 0.0500. The van der Waals surface area contributed by atoms with Crippen molar-refractivity contribution in [3.63, 3.8) is 0 Å². The fourth-order valence-electron chi connectivity index (χ4n) is 0.969. The van der Waals surface area contributed by atoms with Crippen molar-refractivity contribution in [2.24, 2.45) is 5.73 Å². The van der Waals surface area contributed by atoms with Crippen molar-refractivity contribution >= 4 is 6.09 Å². The molecule has 0 aliphatic rings. The Morgan fingerprint density at radius 3 is 2.27 bits per heavy atom. The van der Waals surface area contributed by atoms with Crippen molar-refractivity contribution < 1.29 is 14.3 Å². The molecule has 3 N–H and O–H groups in total. The Morgan fingerprint density at radius 1 is 1.33 bits per heavy atom. The van der Waals surface area contributed by atoms with Gasteiger partial charge >= 0.3 is 6.09 Å². The molecule has 1 unspecified atom stereocenters. The molecule has 0 fully saturated rings. The van der Waals surface area contributed by atoms with Crippen molar-refractivity contribution in [3.8, 4) is 0 Å². The lowest BCUT2D eigenvalue weighted by Crippen LogP contribution is -2.51. The maximum atomic E-state index is 11.3. The third kappa shape index (κ3) is 8.20. The molecule has 0 aromatic rings. The van der Waals surface area contributed by atoms with Gasteiger partial charge in [0.25, 0.3) is 0 Å². The Kier molecular flexibility index (Phi) is 5.03. The summed E-state index contributed by atoms with van der Waals surface area (Å²) in [7, 11) is 1.57. The van der Waals surface area contributed by atoms with E-state index in [0.717, 1.165) is 0 Å². The van der Waals surface area contributed by atoms with Crippen LogP contribution in [-0.2, 0) is 9.47 Å². The fraction of sp³-hybridized carbons (Fsp3) is 0.900. The highest BCUT2D eigenvalue weighted by molar-refractivity contribution is 5.67. The average molecular weight is 218 g/mol. The first-order valence-corrected chi connectivity index (χ1v) is 4.91. The number of nitrogens with one attached hydrogen (secondary N) is 1. The molecule has 0 aliphatic heterocycles. The third-order valence-electron chi connectivity index (χ3n) is 1.51. The molecule has 0 heterocycles. The van der Waals surface area contributed by atoms with E-state index in [1.54, 1.807) is 14.0 Å². The summed E-state index contributed by atoms with van der Waals surface area (Å²) in [6, 6.07) is 0. The molecule has 0 aliphatic carbocycles. The Balaban J connectivity index is 3.90. The predicted octanol–water partition coefficient (Wildman–Crippen LogP) is 0.875. The number of methoxy groups -OCH3 is 1. The second-order valence-corrected chi connectivity index (χ2v) is 4.94. The van der Waals surface area contributed by atoms with E-state index in [1.165, 1.54) is 0 Å². The van der Waals surface area contributed by atoms with Crippen molar-refractivity contribution in [3.05, 3.63) is 0 Å². The van der Waals surface area contributed by atoms with Gasteiger partial charge in [-0.2, -0.15) is 0 Å². The second-order valence-electron chi connectivity index (χ2n) is 4.94. The van der Waals surface area contributed by atoms with Gasteiger partial charge in [-0.15, -0.1) is 0 Å². The minimum Gasteiger partial charge on any atom is -0.444 e.